The maximum atomic E-state index is 13.1. The molecule has 1 aliphatic heterocycles. The van der Waals surface area contributed by atoms with Crippen LogP contribution in [-0.4, -0.2) is 57.7 Å². The molecule has 210 valence electrons. The number of hydrogen-bond donors (Lipinski definition) is 2. The van der Waals surface area contributed by atoms with Gasteiger partial charge in [0.05, 0.1) is 11.2 Å². The van der Waals surface area contributed by atoms with Crippen molar-refractivity contribution in [1.29, 1.82) is 5.26 Å². The van der Waals surface area contributed by atoms with Crippen molar-refractivity contribution < 1.29 is 14.3 Å². The number of carbonyl (C=O) groups excluding carboxylic acids is 2. The molecule has 3 aromatic rings. The number of halogens is 1. The first-order valence-corrected chi connectivity index (χ1v) is 13.5. The van der Waals surface area contributed by atoms with Crippen molar-refractivity contribution in [3.8, 4) is 28.7 Å². The molecule has 0 saturated carbocycles. The van der Waals surface area contributed by atoms with Crippen molar-refractivity contribution in [2.75, 3.05) is 14.1 Å². The van der Waals surface area contributed by atoms with Gasteiger partial charge in [-0.15, -0.1) is 0 Å². The molecule has 4 rings (SSSR count). The molecule has 0 atom stereocenters. The molecule has 0 aliphatic carbocycles. The molecule has 0 unspecified atom stereocenters. The molecule has 0 spiro atoms. The second-order valence-corrected chi connectivity index (χ2v) is 12.1. The molecular weight excluding hydrogens is 528 g/mol. The molecule has 2 amide bonds. The molecule has 1 aromatic heterocycles. The van der Waals surface area contributed by atoms with Crippen molar-refractivity contribution in [3.05, 3.63) is 64.9 Å². The zero-order chi connectivity index (χ0) is 29.2. The lowest BCUT2D eigenvalue weighted by Crippen LogP contribution is -2.62. The number of rotatable bonds is 7. The van der Waals surface area contributed by atoms with E-state index in [1.807, 2.05) is 0 Å². The van der Waals surface area contributed by atoms with Crippen molar-refractivity contribution in [2.45, 2.75) is 64.2 Å². The van der Waals surface area contributed by atoms with E-state index in [0.717, 1.165) is 12.8 Å². The van der Waals surface area contributed by atoms with E-state index >= 15 is 0 Å². The Bertz CT molecular complexity index is 1450. The number of nitrogens with one attached hydrogen (secondary N) is 2. The number of amides is 2. The summed E-state index contributed by atoms with van der Waals surface area (Å²) < 4.78 is 7.58. The standard InChI is InChI=1S/C30H35ClN6O3/c1-29(2)13-21(14-30(3,4)35-29)34-28(39)19-10-11-26(24(31)12-19)40-25-9-7-8-22(23(25)15-32)20-16-33-37(17-20)18-27(38)36(5)6/h7-12,16-17,21,35H,13-14,18H2,1-6H3,(H,34,39). The summed E-state index contributed by atoms with van der Waals surface area (Å²) >= 11 is 6.54. The summed E-state index contributed by atoms with van der Waals surface area (Å²) in [6, 6.07) is 12.3. The van der Waals surface area contributed by atoms with Gasteiger partial charge < -0.3 is 20.3 Å². The molecule has 1 saturated heterocycles. The van der Waals surface area contributed by atoms with E-state index in [1.54, 1.807) is 62.9 Å². The summed E-state index contributed by atoms with van der Waals surface area (Å²) in [7, 11) is 3.36. The monoisotopic (exact) mass is 562 g/mol. The van der Waals surface area contributed by atoms with E-state index < -0.39 is 0 Å². The zero-order valence-electron chi connectivity index (χ0n) is 23.7. The number of likely N-dealkylation sites (N-methyl/N-ethyl adjacent to an activating group) is 1. The first-order valence-electron chi connectivity index (χ1n) is 13.1. The van der Waals surface area contributed by atoms with Crippen molar-refractivity contribution in [1.82, 2.24) is 25.3 Å². The molecule has 1 fully saturated rings. The molecule has 9 nitrogen and oxygen atoms in total. The number of ether oxygens (including phenoxy) is 1. The van der Waals surface area contributed by atoms with Crippen molar-refractivity contribution >= 4 is 23.4 Å². The second-order valence-electron chi connectivity index (χ2n) is 11.7. The zero-order valence-corrected chi connectivity index (χ0v) is 24.5. The number of piperidine rings is 1. The van der Waals surface area contributed by atoms with Crippen LogP contribution < -0.4 is 15.4 Å². The highest BCUT2D eigenvalue weighted by atomic mass is 35.5. The molecule has 0 bridgehead atoms. The van der Waals surface area contributed by atoms with Crippen LogP contribution in [0.5, 0.6) is 11.5 Å². The fourth-order valence-electron chi connectivity index (χ4n) is 5.38. The number of hydrogen-bond acceptors (Lipinski definition) is 6. The van der Waals surface area contributed by atoms with Gasteiger partial charge in [0, 0.05) is 54.1 Å². The van der Waals surface area contributed by atoms with Gasteiger partial charge in [-0.1, -0.05) is 23.7 Å². The molecule has 2 N–H and O–H groups in total. The minimum absolute atomic E-state index is 0.0275. The van der Waals surface area contributed by atoms with Gasteiger partial charge >= 0.3 is 0 Å². The van der Waals surface area contributed by atoms with Crippen LogP contribution in [0.4, 0.5) is 0 Å². The lowest BCUT2D eigenvalue weighted by molar-refractivity contribution is -0.129. The predicted octanol–water partition coefficient (Wildman–Crippen LogP) is 4.99. The third-order valence-electron chi connectivity index (χ3n) is 6.82. The molecule has 2 heterocycles. The van der Waals surface area contributed by atoms with Gasteiger partial charge in [-0.2, -0.15) is 10.4 Å². The highest BCUT2D eigenvalue weighted by molar-refractivity contribution is 6.32. The van der Waals surface area contributed by atoms with E-state index in [0.29, 0.717) is 33.8 Å². The predicted molar refractivity (Wildman–Crippen MR) is 154 cm³/mol. The summed E-state index contributed by atoms with van der Waals surface area (Å²) in [6.45, 7) is 8.64. The number of aromatic nitrogens is 2. The van der Waals surface area contributed by atoms with E-state index in [9.17, 15) is 14.9 Å². The smallest absolute Gasteiger partial charge is 0.251 e. The number of carbonyl (C=O) groups is 2. The number of benzene rings is 2. The van der Waals surface area contributed by atoms with Gasteiger partial charge in [0.2, 0.25) is 5.91 Å². The summed E-state index contributed by atoms with van der Waals surface area (Å²) in [5.41, 5.74) is 1.84. The topological polar surface area (TPSA) is 112 Å². The van der Waals surface area contributed by atoms with Gasteiger partial charge in [-0.25, -0.2) is 0 Å². The SMILES string of the molecule is CN(C)C(=O)Cn1cc(-c2cccc(Oc3ccc(C(=O)NC4CC(C)(C)NC(C)(C)C4)cc3Cl)c2C#N)cn1. The Kier molecular flexibility index (Phi) is 8.24. The highest BCUT2D eigenvalue weighted by Crippen LogP contribution is 2.36. The normalized spacial score (nSPS) is 16.1. The Labute approximate surface area is 240 Å². The van der Waals surface area contributed by atoms with Crippen LogP contribution in [-0.2, 0) is 11.3 Å². The van der Waals surface area contributed by atoms with Gasteiger partial charge in [-0.05, 0) is 64.8 Å². The van der Waals surface area contributed by atoms with Crippen LogP contribution in [0.1, 0.15) is 56.5 Å². The van der Waals surface area contributed by atoms with Crippen molar-refractivity contribution in [2.24, 2.45) is 0 Å². The lowest BCUT2D eigenvalue weighted by Gasteiger charge is -2.46. The maximum Gasteiger partial charge on any atom is 0.251 e. The summed E-state index contributed by atoms with van der Waals surface area (Å²) in [5.74, 6) is 0.345. The molecule has 10 heteroatoms. The lowest BCUT2D eigenvalue weighted by atomic mass is 9.79. The number of nitrogens with zero attached hydrogens (tertiary/aromatic N) is 4. The summed E-state index contributed by atoms with van der Waals surface area (Å²) in [4.78, 5) is 26.6. The third-order valence-corrected chi connectivity index (χ3v) is 7.11. The average Bonchev–Trinajstić information content (AvgIpc) is 3.31. The van der Waals surface area contributed by atoms with Gasteiger partial charge in [-0.3, -0.25) is 14.3 Å². The fourth-order valence-corrected chi connectivity index (χ4v) is 5.60. The maximum absolute atomic E-state index is 13.1. The molecule has 0 radical (unpaired) electrons. The van der Waals surface area contributed by atoms with Crippen LogP contribution in [0.25, 0.3) is 11.1 Å². The van der Waals surface area contributed by atoms with Crippen LogP contribution in [0, 0.1) is 11.3 Å². The van der Waals surface area contributed by atoms with Gasteiger partial charge in [0.25, 0.3) is 5.91 Å². The van der Waals surface area contributed by atoms with Gasteiger partial charge in [0.15, 0.2) is 0 Å². The summed E-state index contributed by atoms with van der Waals surface area (Å²) in [6.07, 6.45) is 4.95. The van der Waals surface area contributed by atoms with E-state index in [2.05, 4.69) is 49.5 Å². The number of nitriles is 1. The first-order chi connectivity index (χ1) is 18.8. The van der Waals surface area contributed by atoms with Crippen LogP contribution in [0.3, 0.4) is 0 Å². The Morgan fingerprint density at radius 3 is 2.50 bits per heavy atom. The largest absolute Gasteiger partial charge is 0.454 e. The molecular formula is C30H35ClN6O3. The van der Waals surface area contributed by atoms with E-state index in [-0.39, 0.29) is 40.5 Å². The summed E-state index contributed by atoms with van der Waals surface area (Å²) in [5, 5.41) is 21.3. The Morgan fingerprint density at radius 1 is 1.18 bits per heavy atom. The van der Waals surface area contributed by atoms with E-state index in [1.165, 1.54) is 9.58 Å². The van der Waals surface area contributed by atoms with Crippen LogP contribution in [0.2, 0.25) is 5.02 Å². The Hall–Kier alpha value is -3.87. The fraction of sp³-hybridized carbons (Fsp3) is 0.400. The molecule has 40 heavy (non-hydrogen) atoms. The molecule has 2 aromatic carbocycles. The van der Waals surface area contributed by atoms with Crippen molar-refractivity contribution in [3.63, 3.8) is 0 Å². The van der Waals surface area contributed by atoms with Gasteiger partial charge in [0.1, 0.15) is 29.7 Å². The van der Waals surface area contributed by atoms with Crippen LogP contribution >= 0.6 is 11.6 Å². The first kappa shape index (κ1) is 29.1. The van der Waals surface area contributed by atoms with Crippen LogP contribution in [0.15, 0.2) is 48.8 Å². The Morgan fingerprint density at radius 2 is 1.88 bits per heavy atom. The van der Waals surface area contributed by atoms with E-state index in [4.69, 9.17) is 16.3 Å². The minimum Gasteiger partial charge on any atom is -0.454 e. The Balaban J connectivity index is 1.51. The highest BCUT2D eigenvalue weighted by Gasteiger charge is 2.38. The second kappa shape index (κ2) is 11.3. The molecule has 1 aliphatic rings. The third kappa shape index (κ3) is 6.82. The quantitative estimate of drug-likeness (QED) is 0.419. The average molecular weight is 563 g/mol. The minimum atomic E-state index is -0.198.